The molecule has 0 aliphatic carbocycles. The summed E-state index contributed by atoms with van der Waals surface area (Å²) < 4.78 is 15.5. The summed E-state index contributed by atoms with van der Waals surface area (Å²) >= 11 is 0. The molecule has 0 spiro atoms. The SMILES string of the molecule is NC(=O)c1nn(CC(=O)N2C[C@H](F)C[C@H]2C(=O)Nc2cc(O)ccn2)c2ccccc12. The maximum atomic E-state index is 14.1. The largest absolute Gasteiger partial charge is 0.508 e. The molecule has 3 aromatic rings. The number of aromatic nitrogens is 3. The first-order valence-corrected chi connectivity index (χ1v) is 9.48. The Hall–Kier alpha value is -4.02. The van der Waals surface area contributed by atoms with Crippen molar-refractivity contribution in [2.75, 3.05) is 11.9 Å². The van der Waals surface area contributed by atoms with E-state index in [1.807, 2.05) is 0 Å². The van der Waals surface area contributed by atoms with Gasteiger partial charge in [-0.1, -0.05) is 18.2 Å². The van der Waals surface area contributed by atoms with Gasteiger partial charge in [0.15, 0.2) is 5.69 Å². The molecule has 1 aromatic carbocycles. The summed E-state index contributed by atoms with van der Waals surface area (Å²) in [5.74, 6) is -1.89. The number of nitrogens with zero attached hydrogens (tertiary/aromatic N) is 4. The average molecular weight is 426 g/mol. The predicted octanol–water partition coefficient (Wildman–Crippen LogP) is 0.813. The summed E-state index contributed by atoms with van der Waals surface area (Å²) in [5, 5.41) is 16.6. The molecule has 4 rings (SSSR count). The molecule has 31 heavy (non-hydrogen) atoms. The highest BCUT2D eigenvalue weighted by atomic mass is 19.1. The molecular weight excluding hydrogens is 407 g/mol. The van der Waals surface area contributed by atoms with Gasteiger partial charge in [-0.2, -0.15) is 5.10 Å². The van der Waals surface area contributed by atoms with Crippen molar-refractivity contribution in [1.82, 2.24) is 19.7 Å². The van der Waals surface area contributed by atoms with E-state index >= 15 is 0 Å². The number of nitrogens with two attached hydrogens (primary N) is 1. The number of carbonyl (C=O) groups excluding carboxylic acids is 3. The van der Waals surface area contributed by atoms with Crippen LogP contribution in [0.5, 0.6) is 5.75 Å². The molecule has 0 bridgehead atoms. The zero-order chi connectivity index (χ0) is 22.1. The van der Waals surface area contributed by atoms with E-state index in [-0.39, 0.29) is 36.8 Å². The third-order valence-electron chi connectivity index (χ3n) is 5.04. The van der Waals surface area contributed by atoms with Crippen molar-refractivity contribution in [1.29, 1.82) is 0 Å². The molecular formula is C20H19FN6O4. The monoisotopic (exact) mass is 426 g/mol. The first-order valence-electron chi connectivity index (χ1n) is 9.48. The van der Waals surface area contributed by atoms with Crippen LogP contribution in [0.25, 0.3) is 10.9 Å². The fraction of sp³-hybridized carbons (Fsp3) is 0.250. The van der Waals surface area contributed by atoms with Crippen LogP contribution in [-0.4, -0.2) is 61.3 Å². The molecule has 0 radical (unpaired) electrons. The van der Waals surface area contributed by atoms with Gasteiger partial charge in [0.1, 0.15) is 30.3 Å². The molecule has 160 valence electrons. The lowest BCUT2D eigenvalue weighted by molar-refractivity contribution is -0.137. The number of primary amides is 1. The Labute approximate surface area is 175 Å². The fourth-order valence-corrected chi connectivity index (χ4v) is 3.66. The number of nitrogens with one attached hydrogen (secondary N) is 1. The average Bonchev–Trinajstić information content (AvgIpc) is 3.29. The van der Waals surface area contributed by atoms with Crippen LogP contribution in [0.2, 0.25) is 0 Å². The molecule has 4 N–H and O–H groups in total. The van der Waals surface area contributed by atoms with E-state index in [0.29, 0.717) is 10.9 Å². The highest BCUT2D eigenvalue weighted by molar-refractivity contribution is 6.04. The summed E-state index contributed by atoms with van der Waals surface area (Å²) in [7, 11) is 0. The van der Waals surface area contributed by atoms with Crippen LogP contribution in [0, 0.1) is 0 Å². The molecule has 2 atom stereocenters. The summed E-state index contributed by atoms with van der Waals surface area (Å²) in [4.78, 5) is 42.4. The molecule has 3 amide bonds. The number of carbonyl (C=O) groups is 3. The molecule has 0 saturated carbocycles. The van der Waals surface area contributed by atoms with Gasteiger partial charge in [0.2, 0.25) is 11.8 Å². The smallest absolute Gasteiger partial charge is 0.269 e. The fourth-order valence-electron chi connectivity index (χ4n) is 3.66. The van der Waals surface area contributed by atoms with E-state index in [0.717, 1.165) is 4.90 Å². The Kier molecular flexibility index (Phi) is 5.24. The Morgan fingerprint density at radius 3 is 2.77 bits per heavy atom. The van der Waals surface area contributed by atoms with Crippen LogP contribution in [0.1, 0.15) is 16.9 Å². The minimum absolute atomic E-state index is 0.0254. The third kappa shape index (κ3) is 4.02. The second kappa shape index (κ2) is 8.01. The predicted molar refractivity (Wildman–Crippen MR) is 108 cm³/mol. The molecule has 1 fully saturated rings. The van der Waals surface area contributed by atoms with E-state index in [1.165, 1.54) is 23.0 Å². The number of amides is 3. The molecule has 3 heterocycles. The van der Waals surface area contributed by atoms with Crippen LogP contribution >= 0.6 is 0 Å². The van der Waals surface area contributed by atoms with Gasteiger partial charge >= 0.3 is 0 Å². The van der Waals surface area contributed by atoms with Gasteiger partial charge in [-0.25, -0.2) is 9.37 Å². The first-order chi connectivity index (χ1) is 14.8. The number of rotatable bonds is 5. The lowest BCUT2D eigenvalue weighted by Gasteiger charge is -2.23. The number of para-hydroxylation sites is 1. The van der Waals surface area contributed by atoms with Gasteiger partial charge in [0, 0.05) is 24.1 Å². The summed E-state index contributed by atoms with van der Waals surface area (Å²) in [6.07, 6.45) is -0.227. The second-order valence-corrected chi connectivity index (χ2v) is 7.17. The quantitative estimate of drug-likeness (QED) is 0.551. The van der Waals surface area contributed by atoms with Crippen molar-refractivity contribution >= 4 is 34.4 Å². The van der Waals surface area contributed by atoms with Crippen molar-refractivity contribution < 1.29 is 23.9 Å². The van der Waals surface area contributed by atoms with Gasteiger partial charge in [-0.15, -0.1) is 0 Å². The standard InChI is InChI=1S/C20H19FN6O4/c21-11-7-15(20(31)24-16-8-12(28)5-6-23-16)26(9-11)17(29)10-27-14-4-2-1-3-13(14)18(25-27)19(22)30/h1-6,8,11,15H,7,9-10H2,(H2,22,30)(H2,23,24,28,31)/t11-,15+/m1/s1. The number of fused-ring (bicyclic) bond motifs is 1. The van der Waals surface area contributed by atoms with E-state index in [1.54, 1.807) is 24.3 Å². The Morgan fingerprint density at radius 2 is 2.03 bits per heavy atom. The number of pyridine rings is 1. The summed E-state index contributed by atoms with van der Waals surface area (Å²) in [5.41, 5.74) is 5.92. The number of hydrogen-bond acceptors (Lipinski definition) is 6. The van der Waals surface area contributed by atoms with Crippen molar-refractivity contribution in [2.24, 2.45) is 5.73 Å². The Bertz CT molecular complexity index is 1180. The zero-order valence-corrected chi connectivity index (χ0v) is 16.2. The summed E-state index contributed by atoms with van der Waals surface area (Å²) in [6.45, 7) is -0.541. The molecule has 0 unspecified atom stereocenters. The number of anilines is 1. The van der Waals surface area contributed by atoms with Crippen LogP contribution in [0.4, 0.5) is 10.2 Å². The number of hydrogen-bond donors (Lipinski definition) is 3. The normalized spacial score (nSPS) is 18.3. The maximum Gasteiger partial charge on any atom is 0.269 e. The minimum atomic E-state index is -1.37. The van der Waals surface area contributed by atoms with E-state index in [9.17, 15) is 23.9 Å². The van der Waals surface area contributed by atoms with Crippen LogP contribution in [0.15, 0.2) is 42.6 Å². The third-order valence-corrected chi connectivity index (χ3v) is 5.04. The Balaban J connectivity index is 1.55. The molecule has 1 saturated heterocycles. The van der Waals surface area contributed by atoms with Crippen LogP contribution < -0.4 is 11.1 Å². The van der Waals surface area contributed by atoms with Crippen LogP contribution in [0.3, 0.4) is 0 Å². The highest BCUT2D eigenvalue weighted by Crippen LogP contribution is 2.24. The molecule has 11 heteroatoms. The minimum Gasteiger partial charge on any atom is -0.508 e. The van der Waals surface area contributed by atoms with Crippen molar-refractivity contribution in [3.8, 4) is 5.75 Å². The highest BCUT2D eigenvalue weighted by Gasteiger charge is 2.40. The maximum absolute atomic E-state index is 14.1. The lowest BCUT2D eigenvalue weighted by atomic mass is 10.2. The second-order valence-electron chi connectivity index (χ2n) is 7.17. The molecule has 10 nitrogen and oxygen atoms in total. The molecule has 2 aromatic heterocycles. The van der Waals surface area contributed by atoms with Crippen molar-refractivity contribution in [3.63, 3.8) is 0 Å². The van der Waals surface area contributed by atoms with Crippen molar-refractivity contribution in [2.45, 2.75) is 25.2 Å². The number of aromatic hydroxyl groups is 1. The Morgan fingerprint density at radius 1 is 1.26 bits per heavy atom. The van der Waals surface area contributed by atoms with Gasteiger partial charge < -0.3 is 21.1 Å². The van der Waals surface area contributed by atoms with E-state index < -0.39 is 29.9 Å². The summed E-state index contributed by atoms with van der Waals surface area (Å²) in [6, 6.07) is 8.32. The number of alkyl halides is 1. The van der Waals surface area contributed by atoms with Crippen molar-refractivity contribution in [3.05, 3.63) is 48.3 Å². The first kappa shape index (κ1) is 20.3. The number of benzene rings is 1. The van der Waals surface area contributed by atoms with E-state index in [4.69, 9.17) is 5.73 Å². The zero-order valence-electron chi connectivity index (χ0n) is 16.2. The van der Waals surface area contributed by atoms with Gasteiger partial charge in [-0.3, -0.25) is 19.1 Å². The number of halogens is 1. The molecule has 1 aliphatic heterocycles. The lowest BCUT2D eigenvalue weighted by Crippen LogP contribution is -2.44. The van der Waals surface area contributed by atoms with Crippen LogP contribution in [-0.2, 0) is 16.1 Å². The van der Waals surface area contributed by atoms with Gasteiger partial charge in [0.05, 0.1) is 12.1 Å². The molecule has 1 aliphatic rings. The van der Waals surface area contributed by atoms with E-state index in [2.05, 4.69) is 15.4 Å². The topological polar surface area (TPSA) is 143 Å². The van der Waals surface area contributed by atoms with Gasteiger partial charge in [0.25, 0.3) is 5.91 Å². The number of likely N-dealkylation sites (tertiary alicyclic amines) is 1. The van der Waals surface area contributed by atoms with Gasteiger partial charge in [-0.05, 0) is 12.1 Å².